The molecule has 0 spiro atoms. The fourth-order valence-electron chi connectivity index (χ4n) is 5.00. The van der Waals surface area contributed by atoms with Crippen molar-refractivity contribution in [3.05, 3.63) is 57.1 Å². The van der Waals surface area contributed by atoms with Crippen LogP contribution in [0.3, 0.4) is 0 Å². The van der Waals surface area contributed by atoms with Crippen LogP contribution in [0.4, 0.5) is 0 Å². The lowest BCUT2D eigenvalue weighted by atomic mass is 9.63. The summed E-state index contributed by atoms with van der Waals surface area (Å²) in [7, 11) is 0. The summed E-state index contributed by atoms with van der Waals surface area (Å²) in [6.07, 6.45) is 6.77. The molecular formula is C23H31N5O2. The number of allylic oxidation sites excluding steroid dienone is 2. The van der Waals surface area contributed by atoms with Crippen LogP contribution in [0.15, 0.2) is 40.5 Å². The third-order valence-electron chi connectivity index (χ3n) is 6.04. The summed E-state index contributed by atoms with van der Waals surface area (Å²) in [5, 5.41) is 4.26. The molecule has 2 aliphatic carbocycles. The Morgan fingerprint density at radius 3 is 2.90 bits per heavy atom. The Balaban J connectivity index is 1.88. The minimum absolute atomic E-state index is 0.105. The molecule has 0 fully saturated rings. The number of azide groups is 1. The lowest BCUT2D eigenvalue weighted by Gasteiger charge is -2.44. The van der Waals surface area contributed by atoms with Crippen molar-refractivity contribution in [2.24, 2.45) is 28.6 Å². The Morgan fingerprint density at radius 1 is 1.50 bits per heavy atom. The number of esters is 1. The molecule has 3 atom stereocenters. The second kappa shape index (κ2) is 9.02. The molecule has 1 aromatic rings. The molecule has 2 N–H and O–H groups in total. The second-order valence-corrected chi connectivity index (χ2v) is 8.85. The zero-order valence-corrected chi connectivity index (χ0v) is 18.3. The van der Waals surface area contributed by atoms with Crippen LogP contribution in [0.5, 0.6) is 5.88 Å². The molecule has 0 saturated heterocycles. The minimum Gasteiger partial charge on any atom is -0.407 e. The third-order valence-corrected chi connectivity index (χ3v) is 6.04. The first-order valence-corrected chi connectivity index (χ1v) is 10.6. The maximum atomic E-state index is 12.4. The van der Waals surface area contributed by atoms with Crippen molar-refractivity contribution in [1.82, 2.24) is 4.98 Å². The number of carbonyl (C=O) groups excluding carboxylic acids is 1. The SMILES string of the molecule is C/C=C1\C2C=C(C)CC1(N=[N+]=[N-])c1ccc(OC(=O)C[C@@H](CN)CC(C)C)nc1C2. The predicted molar refractivity (Wildman–Crippen MR) is 117 cm³/mol. The highest BCUT2D eigenvalue weighted by Gasteiger charge is 2.46. The van der Waals surface area contributed by atoms with Gasteiger partial charge in [-0.05, 0) is 56.2 Å². The van der Waals surface area contributed by atoms with E-state index in [-0.39, 0.29) is 30.1 Å². The fraction of sp³-hybridized carbons (Fsp3) is 0.565. The van der Waals surface area contributed by atoms with Crippen molar-refractivity contribution in [3.8, 4) is 5.88 Å². The topological polar surface area (TPSA) is 114 Å². The van der Waals surface area contributed by atoms with Crippen LogP contribution in [-0.4, -0.2) is 17.5 Å². The number of rotatable bonds is 7. The molecule has 1 heterocycles. The third kappa shape index (κ3) is 4.27. The van der Waals surface area contributed by atoms with Crippen molar-refractivity contribution >= 4 is 5.97 Å². The molecule has 0 aliphatic heterocycles. The van der Waals surface area contributed by atoms with E-state index in [0.717, 1.165) is 23.3 Å². The first kappa shape index (κ1) is 22.1. The largest absolute Gasteiger partial charge is 0.407 e. The maximum Gasteiger partial charge on any atom is 0.312 e. The van der Waals surface area contributed by atoms with Crippen LogP contribution < -0.4 is 10.5 Å². The van der Waals surface area contributed by atoms with Gasteiger partial charge in [0, 0.05) is 29.0 Å². The molecule has 0 saturated carbocycles. The van der Waals surface area contributed by atoms with Gasteiger partial charge >= 0.3 is 5.97 Å². The number of pyridine rings is 1. The molecule has 1 aromatic heterocycles. The molecule has 2 bridgehead atoms. The number of nitrogens with two attached hydrogens (primary N) is 1. The number of hydrogen-bond donors (Lipinski definition) is 1. The van der Waals surface area contributed by atoms with Gasteiger partial charge in [0.15, 0.2) is 0 Å². The number of nitrogens with zero attached hydrogens (tertiary/aromatic N) is 4. The van der Waals surface area contributed by atoms with Crippen molar-refractivity contribution in [2.75, 3.05) is 6.54 Å². The molecule has 2 unspecified atom stereocenters. The molecule has 7 nitrogen and oxygen atoms in total. The van der Waals surface area contributed by atoms with E-state index in [4.69, 9.17) is 10.5 Å². The van der Waals surface area contributed by atoms with E-state index in [9.17, 15) is 10.3 Å². The zero-order valence-electron chi connectivity index (χ0n) is 18.3. The highest BCUT2D eigenvalue weighted by Crippen LogP contribution is 2.52. The molecule has 0 radical (unpaired) electrons. The molecular weight excluding hydrogens is 378 g/mol. The molecule has 30 heavy (non-hydrogen) atoms. The Morgan fingerprint density at radius 2 is 2.27 bits per heavy atom. The normalized spacial score (nSPS) is 24.7. The Bertz CT molecular complexity index is 930. The Kier molecular flexibility index (Phi) is 6.64. The standard InChI is InChI=1S/C23H31N5O2/c1-5-18-17-9-15(4)12-23(18,27-28-25)19-6-7-21(26-20(19)11-17)30-22(29)10-16(13-24)8-14(2)3/h5-7,9,14,16-17H,8,10-13,24H2,1-4H3/b18-5+/t16-,17?,23?/m0/s1. The highest BCUT2D eigenvalue weighted by atomic mass is 16.5. The quantitative estimate of drug-likeness (QED) is 0.225. The lowest BCUT2D eigenvalue weighted by Crippen LogP contribution is -2.39. The van der Waals surface area contributed by atoms with Gasteiger partial charge in [0.1, 0.15) is 5.54 Å². The summed E-state index contributed by atoms with van der Waals surface area (Å²) >= 11 is 0. The van der Waals surface area contributed by atoms with E-state index < -0.39 is 5.54 Å². The Labute approximate surface area is 178 Å². The monoisotopic (exact) mass is 409 g/mol. The van der Waals surface area contributed by atoms with Crippen LogP contribution in [-0.2, 0) is 16.8 Å². The van der Waals surface area contributed by atoms with E-state index >= 15 is 0 Å². The van der Waals surface area contributed by atoms with Crippen molar-refractivity contribution in [2.45, 2.75) is 58.9 Å². The molecule has 0 amide bonds. The van der Waals surface area contributed by atoms with Crippen LogP contribution >= 0.6 is 0 Å². The number of aromatic nitrogens is 1. The van der Waals surface area contributed by atoms with Crippen molar-refractivity contribution < 1.29 is 9.53 Å². The fourth-order valence-corrected chi connectivity index (χ4v) is 5.00. The average molecular weight is 410 g/mol. The second-order valence-electron chi connectivity index (χ2n) is 8.85. The molecule has 3 rings (SSSR count). The molecule has 0 aromatic carbocycles. The van der Waals surface area contributed by atoms with Gasteiger partial charge in [-0.2, -0.15) is 0 Å². The van der Waals surface area contributed by atoms with Gasteiger partial charge in [0.2, 0.25) is 5.88 Å². The van der Waals surface area contributed by atoms with E-state index in [0.29, 0.717) is 25.3 Å². The van der Waals surface area contributed by atoms with E-state index in [1.807, 2.05) is 13.0 Å². The number of fused-ring (bicyclic) bond motifs is 4. The van der Waals surface area contributed by atoms with Gasteiger partial charge in [-0.3, -0.25) is 4.79 Å². The lowest BCUT2D eigenvalue weighted by molar-refractivity contribution is -0.135. The van der Waals surface area contributed by atoms with Gasteiger partial charge in [0.25, 0.3) is 0 Å². The van der Waals surface area contributed by atoms with Crippen molar-refractivity contribution in [3.63, 3.8) is 0 Å². The molecule has 7 heteroatoms. The summed E-state index contributed by atoms with van der Waals surface area (Å²) < 4.78 is 5.54. The predicted octanol–water partition coefficient (Wildman–Crippen LogP) is 4.97. The smallest absolute Gasteiger partial charge is 0.312 e. The van der Waals surface area contributed by atoms with E-state index in [1.54, 1.807) is 6.07 Å². The van der Waals surface area contributed by atoms with Crippen LogP contribution in [0.25, 0.3) is 10.4 Å². The summed E-state index contributed by atoms with van der Waals surface area (Å²) in [5.74, 6) is 0.685. The van der Waals surface area contributed by atoms with Gasteiger partial charge in [-0.1, -0.05) is 48.3 Å². The van der Waals surface area contributed by atoms with Gasteiger partial charge < -0.3 is 10.5 Å². The van der Waals surface area contributed by atoms with Crippen LogP contribution in [0.1, 0.15) is 58.2 Å². The van der Waals surface area contributed by atoms with E-state index in [2.05, 4.69) is 47.9 Å². The van der Waals surface area contributed by atoms with Crippen LogP contribution in [0.2, 0.25) is 0 Å². The van der Waals surface area contributed by atoms with Crippen molar-refractivity contribution in [1.29, 1.82) is 0 Å². The summed E-state index contributed by atoms with van der Waals surface area (Å²) in [5.41, 5.74) is 18.4. The number of carbonyl (C=O) groups is 1. The summed E-state index contributed by atoms with van der Waals surface area (Å²) in [6, 6.07) is 3.60. The number of hydrogen-bond acceptors (Lipinski definition) is 5. The maximum absolute atomic E-state index is 12.4. The van der Waals surface area contributed by atoms with E-state index in [1.165, 1.54) is 5.57 Å². The summed E-state index contributed by atoms with van der Waals surface area (Å²) in [6.45, 7) is 8.74. The zero-order chi connectivity index (χ0) is 21.9. The first-order chi connectivity index (χ1) is 14.3. The molecule has 2 aliphatic rings. The van der Waals surface area contributed by atoms with Crippen LogP contribution in [0, 0.1) is 17.8 Å². The summed E-state index contributed by atoms with van der Waals surface area (Å²) in [4.78, 5) is 20.2. The molecule has 160 valence electrons. The average Bonchev–Trinajstić information content (AvgIpc) is 2.66. The van der Waals surface area contributed by atoms with Gasteiger partial charge in [-0.25, -0.2) is 4.98 Å². The minimum atomic E-state index is -0.752. The number of ether oxygens (including phenoxy) is 1. The van der Waals surface area contributed by atoms with Gasteiger partial charge in [0.05, 0.1) is 6.42 Å². The highest BCUT2D eigenvalue weighted by molar-refractivity contribution is 5.72. The first-order valence-electron chi connectivity index (χ1n) is 10.6. The Hall–Kier alpha value is -2.63. The van der Waals surface area contributed by atoms with Gasteiger partial charge in [-0.15, -0.1) is 0 Å².